The SMILES string of the molecule is Cc1cccc2[nH]c(-c3nc(-c4c[nH]nc4C4CCNCC4)cnc3N)nc12. The van der Waals surface area contributed by atoms with Crippen LogP contribution in [0.5, 0.6) is 0 Å². The highest BCUT2D eigenvalue weighted by atomic mass is 15.1. The number of para-hydroxylation sites is 1. The molecule has 5 N–H and O–H groups in total. The van der Waals surface area contributed by atoms with Crippen molar-refractivity contribution in [2.75, 3.05) is 18.8 Å². The molecule has 0 unspecified atom stereocenters. The van der Waals surface area contributed by atoms with Crippen LogP contribution in [0.3, 0.4) is 0 Å². The molecule has 5 rings (SSSR count). The van der Waals surface area contributed by atoms with Gasteiger partial charge >= 0.3 is 0 Å². The first-order valence-corrected chi connectivity index (χ1v) is 9.53. The third kappa shape index (κ3) is 2.82. The topological polar surface area (TPSA) is 121 Å². The highest BCUT2D eigenvalue weighted by molar-refractivity contribution is 5.83. The second-order valence-corrected chi connectivity index (χ2v) is 7.25. The number of aromatic nitrogens is 6. The predicted octanol–water partition coefficient (Wildman–Crippen LogP) is 2.77. The standard InChI is InChI=1S/C20H22N8/c1-11-3-2-4-14-16(11)27-20(26-14)18-19(21)23-10-15(25-18)13-9-24-28-17(13)12-5-7-22-8-6-12/h2-4,9-10,12,22H,5-8H2,1H3,(H2,21,23)(H,24,28)(H,26,27). The number of rotatable bonds is 3. The summed E-state index contributed by atoms with van der Waals surface area (Å²) < 4.78 is 0. The molecule has 0 saturated carbocycles. The van der Waals surface area contributed by atoms with E-state index >= 15 is 0 Å². The molecule has 1 aliphatic rings. The van der Waals surface area contributed by atoms with Crippen LogP contribution in [0.25, 0.3) is 33.8 Å². The Bertz CT molecular complexity index is 1140. The third-order valence-corrected chi connectivity index (χ3v) is 5.41. The predicted molar refractivity (Wildman–Crippen MR) is 109 cm³/mol. The first-order chi connectivity index (χ1) is 13.7. The lowest BCUT2D eigenvalue weighted by molar-refractivity contribution is 0.453. The van der Waals surface area contributed by atoms with E-state index < -0.39 is 0 Å². The Hall–Kier alpha value is -3.26. The average Bonchev–Trinajstić information content (AvgIpc) is 3.37. The van der Waals surface area contributed by atoms with E-state index in [4.69, 9.17) is 15.7 Å². The second kappa shape index (κ2) is 6.72. The van der Waals surface area contributed by atoms with E-state index in [9.17, 15) is 0 Å². The first kappa shape index (κ1) is 16.9. The number of hydrogen-bond acceptors (Lipinski definition) is 6. The summed E-state index contributed by atoms with van der Waals surface area (Å²) in [6, 6.07) is 6.04. The number of nitrogens with one attached hydrogen (secondary N) is 3. The van der Waals surface area contributed by atoms with Crippen molar-refractivity contribution < 1.29 is 0 Å². The van der Waals surface area contributed by atoms with Crippen molar-refractivity contribution in [2.45, 2.75) is 25.7 Å². The molecule has 8 heteroatoms. The molecule has 0 amide bonds. The van der Waals surface area contributed by atoms with E-state index in [0.29, 0.717) is 23.3 Å². The fraction of sp³-hybridized carbons (Fsp3) is 0.300. The van der Waals surface area contributed by atoms with Crippen molar-refractivity contribution in [3.63, 3.8) is 0 Å². The Morgan fingerprint density at radius 3 is 2.82 bits per heavy atom. The molecule has 0 spiro atoms. The van der Waals surface area contributed by atoms with Gasteiger partial charge in [-0.2, -0.15) is 5.10 Å². The van der Waals surface area contributed by atoms with Gasteiger partial charge in [0.05, 0.1) is 28.6 Å². The maximum atomic E-state index is 6.15. The number of nitrogens with two attached hydrogens (primary N) is 1. The first-order valence-electron chi connectivity index (χ1n) is 9.53. The molecule has 4 heterocycles. The average molecular weight is 374 g/mol. The molecular weight excluding hydrogens is 352 g/mol. The highest BCUT2D eigenvalue weighted by Gasteiger charge is 2.23. The number of piperidine rings is 1. The van der Waals surface area contributed by atoms with Crippen molar-refractivity contribution in [1.29, 1.82) is 0 Å². The molecule has 0 atom stereocenters. The smallest absolute Gasteiger partial charge is 0.161 e. The number of nitrogens with zero attached hydrogens (tertiary/aromatic N) is 4. The van der Waals surface area contributed by atoms with E-state index in [1.165, 1.54) is 0 Å². The summed E-state index contributed by atoms with van der Waals surface area (Å²) in [5.74, 6) is 1.40. The maximum Gasteiger partial charge on any atom is 0.161 e. The number of aryl methyl sites for hydroxylation is 1. The highest BCUT2D eigenvalue weighted by Crippen LogP contribution is 2.33. The molecule has 3 aromatic heterocycles. The van der Waals surface area contributed by atoms with Gasteiger partial charge in [0.15, 0.2) is 11.6 Å². The fourth-order valence-electron chi connectivity index (χ4n) is 3.90. The molecule has 28 heavy (non-hydrogen) atoms. The van der Waals surface area contributed by atoms with Crippen LogP contribution in [0, 0.1) is 6.92 Å². The molecule has 0 radical (unpaired) electrons. The summed E-state index contributed by atoms with van der Waals surface area (Å²) >= 11 is 0. The fourth-order valence-corrected chi connectivity index (χ4v) is 3.90. The van der Waals surface area contributed by atoms with Crippen molar-refractivity contribution in [2.24, 2.45) is 0 Å². The Morgan fingerprint density at radius 1 is 1.14 bits per heavy atom. The number of H-pyrrole nitrogens is 2. The number of nitrogen functional groups attached to an aromatic ring is 1. The minimum absolute atomic E-state index is 0.354. The summed E-state index contributed by atoms with van der Waals surface area (Å²) in [6.07, 6.45) is 5.73. The van der Waals surface area contributed by atoms with Crippen LogP contribution in [-0.2, 0) is 0 Å². The lowest BCUT2D eigenvalue weighted by Gasteiger charge is -2.21. The molecule has 1 fully saturated rings. The molecule has 1 aliphatic heterocycles. The van der Waals surface area contributed by atoms with Crippen LogP contribution in [0.4, 0.5) is 5.82 Å². The van der Waals surface area contributed by atoms with Gasteiger partial charge in [0.1, 0.15) is 5.69 Å². The van der Waals surface area contributed by atoms with E-state index in [1.807, 2.05) is 31.3 Å². The maximum absolute atomic E-state index is 6.15. The number of fused-ring (bicyclic) bond motifs is 1. The van der Waals surface area contributed by atoms with Crippen LogP contribution in [-0.4, -0.2) is 43.2 Å². The number of anilines is 1. The quantitative estimate of drug-likeness (QED) is 0.437. The van der Waals surface area contributed by atoms with Crippen LogP contribution >= 0.6 is 0 Å². The molecular formula is C20H22N8. The lowest BCUT2D eigenvalue weighted by Crippen LogP contribution is -2.27. The minimum Gasteiger partial charge on any atom is -0.382 e. The van der Waals surface area contributed by atoms with E-state index in [2.05, 4.69) is 25.5 Å². The van der Waals surface area contributed by atoms with Crippen LogP contribution < -0.4 is 11.1 Å². The Morgan fingerprint density at radius 2 is 2.00 bits per heavy atom. The minimum atomic E-state index is 0.354. The largest absolute Gasteiger partial charge is 0.382 e. The van der Waals surface area contributed by atoms with Crippen molar-refractivity contribution in [1.82, 2.24) is 35.5 Å². The number of benzene rings is 1. The Balaban J connectivity index is 1.58. The van der Waals surface area contributed by atoms with Crippen molar-refractivity contribution in [3.05, 3.63) is 41.9 Å². The van der Waals surface area contributed by atoms with Gasteiger partial charge < -0.3 is 16.0 Å². The van der Waals surface area contributed by atoms with Gasteiger partial charge in [-0.1, -0.05) is 12.1 Å². The van der Waals surface area contributed by atoms with Crippen LogP contribution in [0.15, 0.2) is 30.6 Å². The number of imidazole rings is 1. The van der Waals surface area contributed by atoms with Gasteiger partial charge in [-0.25, -0.2) is 15.0 Å². The van der Waals surface area contributed by atoms with E-state index in [-0.39, 0.29) is 0 Å². The molecule has 1 aromatic carbocycles. The zero-order valence-corrected chi connectivity index (χ0v) is 15.7. The third-order valence-electron chi connectivity index (χ3n) is 5.41. The van der Waals surface area contributed by atoms with Gasteiger partial charge in [0, 0.05) is 17.7 Å². The molecule has 8 nitrogen and oxygen atoms in total. The Kier molecular flexibility index (Phi) is 4.05. The second-order valence-electron chi connectivity index (χ2n) is 7.25. The monoisotopic (exact) mass is 374 g/mol. The summed E-state index contributed by atoms with van der Waals surface area (Å²) in [5.41, 5.74) is 12.5. The van der Waals surface area contributed by atoms with E-state index in [0.717, 1.165) is 59.5 Å². The lowest BCUT2D eigenvalue weighted by atomic mass is 9.91. The van der Waals surface area contributed by atoms with Gasteiger partial charge in [-0.3, -0.25) is 5.10 Å². The van der Waals surface area contributed by atoms with Gasteiger partial charge in [-0.05, 0) is 44.5 Å². The summed E-state index contributed by atoms with van der Waals surface area (Å²) in [7, 11) is 0. The van der Waals surface area contributed by atoms with E-state index in [1.54, 1.807) is 6.20 Å². The zero-order chi connectivity index (χ0) is 19.1. The van der Waals surface area contributed by atoms with Crippen molar-refractivity contribution in [3.8, 4) is 22.8 Å². The molecule has 142 valence electrons. The number of hydrogen-bond donors (Lipinski definition) is 4. The van der Waals surface area contributed by atoms with Gasteiger partial charge in [0.25, 0.3) is 0 Å². The Labute approximate surface area is 162 Å². The van der Waals surface area contributed by atoms with Crippen LogP contribution in [0.1, 0.15) is 30.0 Å². The van der Waals surface area contributed by atoms with Crippen molar-refractivity contribution >= 4 is 16.9 Å². The number of aromatic amines is 2. The molecule has 0 aliphatic carbocycles. The zero-order valence-electron chi connectivity index (χ0n) is 15.7. The normalized spacial score (nSPS) is 15.3. The summed E-state index contributed by atoms with van der Waals surface area (Å²) in [5, 5.41) is 10.9. The molecule has 1 saturated heterocycles. The van der Waals surface area contributed by atoms with Gasteiger partial charge in [0.2, 0.25) is 0 Å². The summed E-state index contributed by atoms with van der Waals surface area (Å²) in [4.78, 5) is 17.2. The molecule has 4 aromatic rings. The van der Waals surface area contributed by atoms with Gasteiger partial charge in [-0.15, -0.1) is 0 Å². The van der Waals surface area contributed by atoms with Crippen LogP contribution in [0.2, 0.25) is 0 Å². The summed E-state index contributed by atoms with van der Waals surface area (Å²) in [6.45, 7) is 4.05. The molecule has 0 bridgehead atoms.